The summed E-state index contributed by atoms with van der Waals surface area (Å²) in [6.45, 7) is 0. The molecule has 1 amide bonds. The van der Waals surface area contributed by atoms with E-state index >= 15 is 0 Å². The van der Waals surface area contributed by atoms with E-state index in [0.717, 1.165) is 10.8 Å². The molecule has 0 radical (unpaired) electrons. The fraction of sp³-hybridized carbons (Fsp3) is 0.0370. The molecule has 1 fully saturated rings. The van der Waals surface area contributed by atoms with Gasteiger partial charge in [-0.25, -0.2) is 0 Å². The fourth-order valence-corrected chi connectivity index (χ4v) is 4.27. The largest absolute Gasteiger partial charge is 0.508 e. The maximum Gasteiger partial charge on any atom is 0.300 e. The van der Waals surface area contributed by atoms with E-state index < -0.39 is 17.7 Å². The van der Waals surface area contributed by atoms with Crippen molar-refractivity contribution in [3.63, 3.8) is 0 Å². The Balaban J connectivity index is 1.79. The number of phenols is 1. The number of amides is 1. The first kappa shape index (κ1) is 19.6. The normalized spacial score (nSPS) is 17.8. The van der Waals surface area contributed by atoms with Crippen LogP contribution in [0.5, 0.6) is 5.75 Å². The number of hydrogen-bond donors (Lipinski definition) is 2. The molecule has 0 aromatic heterocycles. The molecule has 1 atom stereocenters. The average Bonchev–Trinajstić information content (AvgIpc) is 3.09. The van der Waals surface area contributed by atoms with Gasteiger partial charge in [0.25, 0.3) is 11.7 Å². The lowest BCUT2D eigenvalue weighted by molar-refractivity contribution is -0.132. The summed E-state index contributed by atoms with van der Waals surface area (Å²) in [6, 6.07) is 27.3. The molecule has 0 saturated carbocycles. The summed E-state index contributed by atoms with van der Waals surface area (Å²) in [4.78, 5) is 27.8. The monoisotopic (exact) mass is 421 g/mol. The van der Waals surface area contributed by atoms with Crippen LogP contribution in [0.4, 0.5) is 5.69 Å². The summed E-state index contributed by atoms with van der Waals surface area (Å²) < 4.78 is 0. The van der Waals surface area contributed by atoms with Crippen LogP contribution in [0.25, 0.3) is 16.5 Å². The summed E-state index contributed by atoms with van der Waals surface area (Å²) in [5, 5.41) is 23.1. The van der Waals surface area contributed by atoms with Crippen molar-refractivity contribution in [3.8, 4) is 5.75 Å². The van der Waals surface area contributed by atoms with Gasteiger partial charge in [-0.2, -0.15) is 0 Å². The van der Waals surface area contributed by atoms with E-state index in [2.05, 4.69) is 0 Å². The number of carbonyl (C=O) groups excluding carboxylic acids is 2. The molecular formula is C27H19NO4. The Kier molecular flexibility index (Phi) is 4.71. The van der Waals surface area contributed by atoms with Gasteiger partial charge in [0, 0.05) is 11.3 Å². The highest BCUT2D eigenvalue weighted by molar-refractivity contribution is 6.51. The number of carbonyl (C=O) groups is 2. The van der Waals surface area contributed by atoms with Gasteiger partial charge in [0.2, 0.25) is 0 Å². The highest BCUT2D eigenvalue weighted by atomic mass is 16.3. The van der Waals surface area contributed by atoms with Crippen LogP contribution in [-0.4, -0.2) is 21.9 Å². The lowest BCUT2D eigenvalue weighted by Crippen LogP contribution is -2.29. The van der Waals surface area contributed by atoms with Gasteiger partial charge >= 0.3 is 0 Å². The molecule has 4 aromatic rings. The number of phenolic OH excluding ortho intramolecular Hbond substituents is 1. The van der Waals surface area contributed by atoms with E-state index in [0.29, 0.717) is 16.8 Å². The predicted octanol–water partition coefficient (Wildman–Crippen LogP) is 5.17. The topological polar surface area (TPSA) is 77.8 Å². The van der Waals surface area contributed by atoms with E-state index in [9.17, 15) is 19.8 Å². The number of aliphatic hydroxyl groups excluding tert-OH is 1. The van der Waals surface area contributed by atoms with Crippen LogP contribution in [0.3, 0.4) is 0 Å². The molecule has 1 saturated heterocycles. The van der Waals surface area contributed by atoms with Crippen LogP contribution in [-0.2, 0) is 9.59 Å². The summed E-state index contributed by atoms with van der Waals surface area (Å²) >= 11 is 0. The molecule has 156 valence electrons. The standard InChI is InChI=1S/C27H19NO4/c29-20-13-6-10-18(16-20)24-23(26(31)27(32)28(24)19-11-2-1-3-12-19)25(30)22-15-7-9-17-8-4-5-14-21(17)22/h1-16,24,29-30H/b25-23-. The minimum atomic E-state index is -0.886. The molecule has 2 N–H and O–H groups in total. The van der Waals surface area contributed by atoms with Crippen molar-refractivity contribution < 1.29 is 19.8 Å². The van der Waals surface area contributed by atoms with E-state index in [1.165, 1.54) is 17.0 Å². The quantitative estimate of drug-likeness (QED) is 0.272. The van der Waals surface area contributed by atoms with Crippen molar-refractivity contribution in [2.24, 2.45) is 0 Å². The summed E-state index contributed by atoms with van der Waals surface area (Å²) in [5.41, 5.74) is 1.51. The lowest BCUT2D eigenvalue weighted by atomic mass is 9.93. The third-order valence-electron chi connectivity index (χ3n) is 5.71. The lowest BCUT2D eigenvalue weighted by Gasteiger charge is -2.25. The van der Waals surface area contributed by atoms with Crippen LogP contribution in [0.2, 0.25) is 0 Å². The first-order valence-corrected chi connectivity index (χ1v) is 10.2. The Morgan fingerprint density at radius 2 is 1.47 bits per heavy atom. The number of aliphatic hydroxyl groups is 1. The highest BCUT2D eigenvalue weighted by Gasteiger charge is 2.47. The number of Topliss-reactive ketones (excluding diaryl/α,β-unsaturated/α-hetero) is 1. The maximum atomic E-state index is 13.2. The molecule has 0 spiro atoms. The Bertz CT molecular complexity index is 1390. The second-order valence-electron chi connectivity index (χ2n) is 7.63. The molecule has 0 bridgehead atoms. The third-order valence-corrected chi connectivity index (χ3v) is 5.71. The van der Waals surface area contributed by atoms with Crippen LogP contribution in [0.15, 0.2) is 103 Å². The zero-order valence-corrected chi connectivity index (χ0v) is 17.0. The van der Waals surface area contributed by atoms with Crippen molar-refractivity contribution >= 4 is 33.9 Å². The van der Waals surface area contributed by atoms with Crippen LogP contribution < -0.4 is 4.90 Å². The number of para-hydroxylation sites is 1. The number of rotatable bonds is 3. The van der Waals surface area contributed by atoms with Gasteiger partial charge in [0.05, 0.1) is 11.6 Å². The minimum Gasteiger partial charge on any atom is -0.508 e. The number of ketones is 1. The molecule has 0 aliphatic carbocycles. The Morgan fingerprint density at radius 3 is 2.25 bits per heavy atom. The number of aromatic hydroxyl groups is 1. The first-order valence-electron chi connectivity index (χ1n) is 10.2. The molecule has 4 aromatic carbocycles. The number of anilines is 1. The van der Waals surface area contributed by atoms with Crippen LogP contribution >= 0.6 is 0 Å². The molecule has 1 unspecified atom stereocenters. The van der Waals surface area contributed by atoms with Gasteiger partial charge in [-0.15, -0.1) is 0 Å². The molecule has 1 aliphatic heterocycles. The minimum absolute atomic E-state index is 0.00584. The zero-order chi connectivity index (χ0) is 22.2. The molecule has 5 heteroatoms. The number of fused-ring (bicyclic) bond motifs is 1. The van der Waals surface area contributed by atoms with Crippen molar-refractivity contribution in [2.45, 2.75) is 6.04 Å². The summed E-state index contributed by atoms with van der Waals surface area (Å²) in [5.74, 6) is -1.74. The van der Waals surface area contributed by atoms with E-state index in [1.54, 1.807) is 48.5 Å². The van der Waals surface area contributed by atoms with E-state index in [1.807, 2.05) is 36.4 Å². The van der Waals surface area contributed by atoms with E-state index in [4.69, 9.17) is 0 Å². The predicted molar refractivity (Wildman–Crippen MR) is 123 cm³/mol. The van der Waals surface area contributed by atoms with Crippen molar-refractivity contribution in [2.75, 3.05) is 4.90 Å². The SMILES string of the molecule is O=C1C(=O)N(c2ccccc2)C(c2cccc(O)c2)/C1=C(/O)c1cccc2ccccc12. The molecule has 32 heavy (non-hydrogen) atoms. The average molecular weight is 421 g/mol. The first-order chi connectivity index (χ1) is 15.6. The van der Waals surface area contributed by atoms with Gasteiger partial charge in [0.15, 0.2) is 0 Å². The number of benzene rings is 4. The highest BCUT2D eigenvalue weighted by Crippen LogP contribution is 2.43. The number of nitrogens with zero attached hydrogens (tertiary/aromatic N) is 1. The molecular weight excluding hydrogens is 402 g/mol. The molecule has 5 rings (SSSR count). The van der Waals surface area contributed by atoms with Crippen molar-refractivity contribution in [1.29, 1.82) is 0 Å². The Morgan fingerprint density at radius 1 is 0.781 bits per heavy atom. The van der Waals surface area contributed by atoms with Gasteiger partial charge in [-0.05, 0) is 40.6 Å². The van der Waals surface area contributed by atoms with Gasteiger partial charge in [-0.3, -0.25) is 14.5 Å². The fourth-order valence-electron chi connectivity index (χ4n) is 4.27. The van der Waals surface area contributed by atoms with Crippen LogP contribution in [0, 0.1) is 0 Å². The molecule has 5 nitrogen and oxygen atoms in total. The Labute approximate surface area is 184 Å². The third kappa shape index (κ3) is 3.11. The maximum absolute atomic E-state index is 13.2. The smallest absolute Gasteiger partial charge is 0.300 e. The van der Waals surface area contributed by atoms with E-state index in [-0.39, 0.29) is 17.1 Å². The molecule has 1 aliphatic rings. The second kappa shape index (κ2) is 7.71. The zero-order valence-electron chi connectivity index (χ0n) is 17.0. The van der Waals surface area contributed by atoms with Gasteiger partial charge in [-0.1, -0.05) is 72.8 Å². The van der Waals surface area contributed by atoms with Gasteiger partial charge in [0.1, 0.15) is 11.5 Å². The Hall–Kier alpha value is -4.38. The summed E-state index contributed by atoms with van der Waals surface area (Å²) in [6.07, 6.45) is 0. The van der Waals surface area contributed by atoms with Crippen molar-refractivity contribution in [3.05, 3.63) is 114 Å². The van der Waals surface area contributed by atoms with Crippen molar-refractivity contribution in [1.82, 2.24) is 0 Å². The second-order valence-corrected chi connectivity index (χ2v) is 7.63. The summed E-state index contributed by atoms with van der Waals surface area (Å²) in [7, 11) is 0. The van der Waals surface area contributed by atoms with Crippen LogP contribution in [0.1, 0.15) is 17.2 Å². The van der Waals surface area contributed by atoms with Gasteiger partial charge < -0.3 is 10.2 Å². The number of hydrogen-bond acceptors (Lipinski definition) is 4. The molecule has 1 heterocycles.